The highest BCUT2D eigenvalue weighted by atomic mass is 19.1. The molecule has 3 aliphatic rings. The molecule has 0 bridgehead atoms. The molecule has 0 aliphatic carbocycles. The quantitative estimate of drug-likeness (QED) is 0.110. The van der Waals surface area contributed by atoms with Gasteiger partial charge < -0.3 is 44.5 Å². The number of carbonyl (C=O) groups excluding carboxylic acids is 5. The van der Waals surface area contributed by atoms with Crippen LogP contribution in [0.2, 0.25) is 0 Å². The third kappa shape index (κ3) is 14.4. The zero-order valence-electron chi connectivity index (χ0n) is 31.3. The van der Waals surface area contributed by atoms with E-state index in [1.807, 2.05) is 13.8 Å². The second kappa shape index (κ2) is 21.0. The van der Waals surface area contributed by atoms with Crippen LogP contribution in [0.3, 0.4) is 0 Å². The zero-order valence-corrected chi connectivity index (χ0v) is 31.3. The average Bonchev–Trinajstić information content (AvgIpc) is 3.52. The van der Waals surface area contributed by atoms with Crippen molar-refractivity contribution in [1.29, 1.82) is 0 Å². The van der Waals surface area contributed by atoms with E-state index >= 15 is 0 Å². The van der Waals surface area contributed by atoms with Crippen molar-refractivity contribution in [3.05, 3.63) is 35.6 Å². The second-order valence-corrected chi connectivity index (χ2v) is 14.5. The van der Waals surface area contributed by atoms with Crippen molar-refractivity contribution in [3.8, 4) is 0 Å². The minimum absolute atomic E-state index is 0.00484. The molecule has 4 amide bonds. The van der Waals surface area contributed by atoms with E-state index in [2.05, 4.69) is 16.0 Å². The van der Waals surface area contributed by atoms with Crippen molar-refractivity contribution >= 4 is 30.0 Å². The number of ether oxygens (including phenoxy) is 5. The normalized spacial score (nSPS) is 23.4. The van der Waals surface area contributed by atoms with E-state index in [1.165, 1.54) is 12.1 Å². The van der Waals surface area contributed by atoms with Crippen molar-refractivity contribution in [2.75, 3.05) is 39.4 Å². The average molecular weight is 749 g/mol. The maximum atomic E-state index is 13.3. The van der Waals surface area contributed by atoms with Gasteiger partial charge in [0.25, 0.3) is 0 Å². The summed E-state index contributed by atoms with van der Waals surface area (Å²) >= 11 is 0. The number of halogens is 1. The number of alkyl carbamates (subject to hydrolysis) is 2. The van der Waals surface area contributed by atoms with E-state index in [0.717, 1.165) is 18.5 Å². The van der Waals surface area contributed by atoms with Gasteiger partial charge in [-0.3, -0.25) is 9.59 Å². The summed E-state index contributed by atoms with van der Waals surface area (Å²) in [4.78, 5) is 64.5. The largest absolute Gasteiger partial charge is 0.464 e. The Kier molecular flexibility index (Phi) is 16.6. The van der Waals surface area contributed by atoms with Crippen molar-refractivity contribution in [2.24, 2.45) is 5.92 Å². The monoisotopic (exact) mass is 748 g/mol. The number of amides is 4. The summed E-state index contributed by atoms with van der Waals surface area (Å²) in [5, 5.41) is 8.30. The molecule has 3 heterocycles. The fourth-order valence-electron chi connectivity index (χ4n) is 7.03. The Morgan fingerprint density at radius 3 is 2.49 bits per heavy atom. The number of hydrogen-bond donors (Lipinski definition) is 3. The summed E-state index contributed by atoms with van der Waals surface area (Å²) in [5.74, 6) is -1.96. The summed E-state index contributed by atoms with van der Waals surface area (Å²) in [6.07, 6.45) is 3.00. The van der Waals surface area contributed by atoms with Crippen LogP contribution in [0.1, 0.15) is 97.0 Å². The summed E-state index contributed by atoms with van der Waals surface area (Å²) < 4.78 is 42.8. The van der Waals surface area contributed by atoms with Crippen LogP contribution in [0.4, 0.5) is 14.0 Å². The van der Waals surface area contributed by atoms with Gasteiger partial charge in [-0.1, -0.05) is 26.0 Å². The van der Waals surface area contributed by atoms with Gasteiger partial charge in [0.1, 0.15) is 24.6 Å². The number of esters is 1. The molecule has 14 nitrogen and oxygen atoms in total. The number of likely N-dealkylation sites (tertiary alicyclic amines) is 1. The molecule has 3 saturated heterocycles. The van der Waals surface area contributed by atoms with Gasteiger partial charge in [-0.25, -0.2) is 18.8 Å². The van der Waals surface area contributed by atoms with Gasteiger partial charge in [0, 0.05) is 58.3 Å². The molecule has 3 N–H and O–H groups in total. The van der Waals surface area contributed by atoms with Gasteiger partial charge >= 0.3 is 18.2 Å². The smallest absolute Gasteiger partial charge is 0.407 e. The van der Waals surface area contributed by atoms with Crippen molar-refractivity contribution in [3.63, 3.8) is 0 Å². The SMILES string of the molecule is CCOC(=O)[C@H](CC(C)C)NC(=O)CCC1CC(OC(=O)NCCc2ccc(F)cc2)CC2(CCCC(COC(=O)NCCCN3CCCC3=O)O2)O1. The van der Waals surface area contributed by atoms with Gasteiger partial charge in [0.05, 0.1) is 18.8 Å². The first-order valence-corrected chi connectivity index (χ1v) is 19.1. The maximum absolute atomic E-state index is 13.3. The minimum atomic E-state index is -1.13. The third-order valence-corrected chi connectivity index (χ3v) is 9.53. The van der Waals surface area contributed by atoms with Crippen molar-refractivity contribution in [2.45, 2.75) is 128 Å². The molecule has 0 aromatic heterocycles. The first kappa shape index (κ1) is 41.8. The van der Waals surface area contributed by atoms with Crippen LogP contribution < -0.4 is 16.0 Å². The van der Waals surface area contributed by atoms with E-state index in [-0.39, 0.29) is 62.6 Å². The molecular weight excluding hydrogens is 691 g/mol. The summed E-state index contributed by atoms with van der Waals surface area (Å²) in [5.41, 5.74) is 0.866. The highest BCUT2D eigenvalue weighted by Gasteiger charge is 2.47. The fraction of sp³-hybridized carbons (Fsp3) is 0.711. The molecule has 0 saturated carbocycles. The molecule has 0 radical (unpaired) electrons. The molecule has 5 atom stereocenters. The Balaban J connectivity index is 1.32. The number of rotatable bonds is 18. The molecule has 1 spiro atoms. The number of nitrogens with one attached hydrogen (secondary N) is 3. The van der Waals surface area contributed by atoms with Gasteiger partial charge in [-0.2, -0.15) is 0 Å². The zero-order chi connectivity index (χ0) is 38.2. The van der Waals surface area contributed by atoms with Gasteiger partial charge in [0.15, 0.2) is 5.79 Å². The van der Waals surface area contributed by atoms with E-state index in [4.69, 9.17) is 23.7 Å². The lowest BCUT2D eigenvalue weighted by Gasteiger charge is -2.47. The minimum Gasteiger partial charge on any atom is -0.464 e. The Morgan fingerprint density at radius 1 is 1.02 bits per heavy atom. The lowest BCUT2D eigenvalue weighted by atomic mass is 9.90. The van der Waals surface area contributed by atoms with Crippen LogP contribution >= 0.6 is 0 Å². The van der Waals surface area contributed by atoms with Gasteiger partial charge in [0.2, 0.25) is 11.8 Å². The molecule has 53 heavy (non-hydrogen) atoms. The number of hydrogen-bond acceptors (Lipinski definition) is 10. The first-order chi connectivity index (χ1) is 25.4. The van der Waals surface area contributed by atoms with Gasteiger partial charge in [-0.15, -0.1) is 0 Å². The highest BCUT2D eigenvalue weighted by Crippen LogP contribution is 2.41. The fourth-order valence-corrected chi connectivity index (χ4v) is 7.03. The Bertz CT molecular complexity index is 1360. The number of nitrogens with zero attached hydrogens (tertiary/aromatic N) is 1. The molecular formula is C38H57FN4O10. The van der Waals surface area contributed by atoms with Crippen LogP contribution in [-0.4, -0.2) is 104 Å². The lowest BCUT2D eigenvalue weighted by Crippen LogP contribution is -2.54. The molecule has 4 unspecified atom stereocenters. The molecule has 15 heteroatoms. The van der Waals surface area contributed by atoms with Gasteiger partial charge in [-0.05, 0) is 75.5 Å². The van der Waals surface area contributed by atoms with Crippen LogP contribution in [0.5, 0.6) is 0 Å². The summed E-state index contributed by atoms with van der Waals surface area (Å²) in [6.45, 7) is 7.85. The predicted octanol–water partition coefficient (Wildman–Crippen LogP) is 4.52. The maximum Gasteiger partial charge on any atom is 0.407 e. The van der Waals surface area contributed by atoms with E-state index in [0.29, 0.717) is 64.5 Å². The van der Waals surface area contributed by atoms with Crippen LogP contribution in [-0.2, 0) is 44.5 Å². The van der Waals surface area contributed by atoms with Crippen LogP contribution in [0.15, 0.2) is 24.3 Å². The van der Waals surface area contributed by atoms with E-state index < -0.39 is 48.3 Å². The van der Waals surface area contributed by atoms with E-state index in [9.17, 15) is 28.4 Å². The van der Waals surface area contributed by atoms with Crippen molar-refractivity contribution < 1.29 is 52.0 Å². The molecule has 3 fully saturated rings. The Hall–Kier alpha value is -3.98. The summed E-state index contributed by atoms with van der Waals surface area (Å²) in [6, 6.07) is 5.29. The molecule has 3 aliphatic heterocycles. The molecule has 1 aromatic rings. The molecule has 1 aromatic carbocycles. The standard InChI is InChI=1S/C38H57FN4O10/c1-4-49-35(46)32(22-26(2)3)42-33(44)15-14-29-23-31(51-37(48)41-19-16-27-10-12-28(39)13-11-27)24-38(52-29)17-5-8-30(53-38)25-50-36(47)40-18-7-21-43-20-6-9-34(43)45/h10-13,26,29-32H,4-9,14-25H2,1-3H3,(H,40,47)(H,41,48)(H,42,44)/t29?,30?,31?,32-,38?/m0/s1. The third-order valence-electron chi connectivity index (χ3n) is 9.53. The predicted molar refractivity (Wildman–Crippen MR) is 191 cm³/mol. The first-order valence-electron chi connectivity index (χ1n) is 19.1. The summed E-state index contributed by atoms with van der Waals surface area (Å²) in [7, 11) is 0. The van der Waals surface area contributed by atoms with Crippen LogP contribution in [0, 0.1) is 11.7 Å². The van der Waals surface area contributed by atoms with Crippen LogP contribution in [0.25, 0.3) is 0 Å². The molecule has 4 rings (SSSR count). The number of carbonyl (C=O) groups is 5. The number of benzene rings is 1. The van der Waals surface area contributed by atoms with E-state index in [1.54, 1.807) is 24.0 Å². The Morgan fingerprint density at radius 2 is 1.77 bits per heavy atom. The molecule has 296 valence electrons. The highest BCUT2D eigenvalue weighted by molar-refractivity contribution is 5.84. The topological polar surface area (TPSA) is 171 Å². The second-order valence-electron chi connectivity index (χ2n) is 14.5. The van der Waals surface area contributed by atoms with Crippen molar-refractivity contribution in [1.82, 2.24) is 20.9 Å². The Labute approximate surface area is 311 Å². The lowest BCUT2D eigenvalue weighted by molar-refractivity contribution is -0.329.